The topological polar surface area (TPSA) is 25.2 Å². The lowest BCUT2D eigenvalue weighted by Crippen LogP contribution is -2.27. The van der Waals surface area contributed by atoms with Crippen LogP contribution in [0.1, 0.15) is 56.7 Å². The molecule has 0 bridgehead atoms. The molecule has 0 aromatic carbocycles. The van der Waals surface area contributed by atoms with Gasteiger partial charge in [0.2, 0.25) is 0 Å². The number of rotatable bonds is 6. The van der Waals surface area contributed by atoms with E-state index in [4.69, 9.17) is 4.42 Å². The Morgan fingerprint density at radius 3 is 2.44 bits per heavy atom. The van der Waals surface area contributed by atoms with Gasteiger partial charge >= 0.3 is 0 Å². The fraction of sp³-hybridized carbons (Fsp3) is 0.714. The van der Waals surface area contributed by atoms with Gasteiger partial charge in [0.1, 0.15) is 11.5 Å². The minimum atomic E-state index is 0.433. The molecule has 0 saturated heterocycles. The molecule has 0 aliphatic carbocycles. The maximum absolute atomic E-state index is 5.63. The Labute approximate surface area is 99.4 Å². The Morgan fingerprint density at radius 1 is 1.31 bits per heavy atom. The summed E-state index contributed by atoms with van der Waals surface area (Å²) in [7, 11) is 0. The Hall–Kier alpha value is -0.760. The Balaban J connectivity index is 2.88. The summed E-state index contributed by atoms with van der Waals surface area (Å²) in [6.45, 7) is 11.8. The largest absolute Gasteiger partial charge is 0.466 e. The van der Waals surface area contributed by atoms with Crippen molar-refractivity contribution in [2.24, 2.45) is 5.92 Å². The maximum atomic E-state index is 5.63. The van der Waals surface area contributed by atoms with Crippen LogP contribution in [0.15, 0.2) is 10.5 Å². The summed E-state index contributed by atoms with van der Waals surface area (Å²) in [5.74, 6) is 2.73. The van der Waals surface area contributed by atoms with E-state index in [1.165, 1.54) is 18.4 Å². The Morgan fingerprint density at radius 2 is 2.00 bits per heavy atom. The molecular weight excluding hydrogens is 198 g/mol. The van der Waals surface area contributed by atoms with Crippen LogP contribution in [-0.2, 0) is 0 Å². The second-order valence-corrected chi connectivity index (χ2v) is 4.67. The minimum Gasteiger partial charge on any atom is -0.466 e. The zero-order valence-electron chi connectivity index (χ0n) is 11.3. The van der Waals surface area contributed by atoms with Crippen LogP contribution in [0.25, 0.3) is 0 Å². The van der Waals surface area contributed by atoms with Crippen molar-refractivity contribution in [1.82, 2.24) is 5.32 Å². The molecule has 2 unspecified atom stereocenters. The van der Waals surface area contributed by atoms with Crippen LogP contribution in [-0.4, -0.2) is 6.54 Å². The summed E-state index contributed by atoms with van der Waals surface area (Å²) >= 11 is 0. The standard InChI is InChI=1S/C14H25NO/c1-6-8-10(3)14(15-7-2)13-9-11(4)16-12(13)5/h9-10,14-15H,6-8H2,1-5H3. The van der Waals surface area contributed by atoms with Crippen molar-refractivity contribution in [3.05, 3.63) is 23.2 Å². The fourth-order valence-corrected chi connectivity index (χ4v) is 2.42. The van der Waals surface area contributed by atoms with E-state index in [0.717, 1.165) is 18.1 Å². The molecule has 0 amide bonds. The highest BCUT2D eigenvalue weighted by molar-refractivity contribution is 5.24. The average Bonchev–Trinajstić information content (AvgIpc) is 2.54. The molecule has 0 fully saturated rings. The molecule has 1 N–H and O–H groups in total. The van der Waals surface area contributed by atoms with Gasteiger partial charge in [0.05, 0.1) is 0 Å². The third-order valence-corrected chi connectivity index (χ3v) is 3.15. The van der Waals surface area contributed by atoms with E-state index in [1.54, 1.807) is 0 Å². The normalized spacial score (nSPS) is 15.1. The monoisotopic (exact) mass is 223 g/mol. The molecule has 1 rings (SSSR count). The average molecular weight is 223 g/mol. The van der Waals surface area contributed by atoms with E-state index in [-0.39, 0.29) is 0 Å². The van der Waals surface area contributed by atoms with Crippen molar-refractivity contribution in [3.8, 4) is 0 Å². The van der Waals surface area contributed by atoms with Gasteiger partial charge in [0.25, 0.3) is 0 Å². The molecule has 2 atom stereocenters. The third-order valence-electron chi connectivity index (χ3n) is 3.15. The summed E-state index contributed by atoms with van der Waals surface area (Å²) in [6.07, 6.45) is 2.49. The summed E-state index contributed by atoms with van der Waals surface area (Å²) in [5, 5.41) is 3.58. The lowest BCUT2D eigenvalue weighted by atomic mass is 9.91. The molecule has 2 nitrogen and oxygen atoms in total. The van der Waals surface area contributed by atoms with Crippen molar-refractivity contribution in [2.45, 2.75) is 53.5 Å². The molecular formula is C14H25NO. The zero-order valence-corrected chi connectivity index (χ0v) is 11.3. The van der Waals surface area contributed by atoms with Crippen LogP contribution in [0.2, 0.25) is 0 Å². The lowest BCUT2D eigenvalue weighted by Gasteiger charge is -2.24. The summed E-state index contributed by atoms with van der Waals surface area (Å²) < 4.78 is 5.63. The van der Waals surface area contributed by atoms with E-state index in [9.17, 15) is 0 Å². The molecule has 92 valence electrons. The first-order valence-corrected chi connectivity index (χ1v) is 6.40. The third kappa shape index (κ3) is 3.11. The van der Waals surface area contributed by atoms with Crippen LogP contribution in [0.5, 0.6) is 0 Å². The molecule has 1 aromatic heterocycles. The predicted octanol–water partition coefficient (Wildman–Crippen LogP) is 3.98. The number of nitrogens with one attached hydrogen (secondary N) is 1. The van der Waals surface area contributed by atoms with E-state index in [2.05, 4.69) is 39.1 Å². The number of aryl methyl sites for hydroxylation is 2. The SMILES string of the molecule is CCCC(C)C(NCC)c1cc(C)oc1C. The highest BCUT2D eigenvalue weighted by atomic mass is 16.3. The molecule has 1 heterocycles. The number of hydrogen-bond donors (Lipinski definition) is 1. The van der Waals surface area contributed by atoms with Gasteiger partial charge in [0, 0.05) is 11.6 Å². The van der Waals surface area contributed by atoms with E-state index in [1.807, 2.05) is 6.92 Å². The van der Waals surface area contributed by atoms with Crippen molar-refractivity contribution in [1.29, 1.82) is 0 Å². The molecule has 16 heavy (non-hydrogen) atoms. The summed E-state index contributed by atoms with van der Waals surface area (Å²) in [5.41, 5.74) is 1.33. The summed E-state index contributed by atoms with van der Waals surface area (Å²) in [6, 6.07) is 2.61. The Kier molecular flexibility index (Phi) is 5.07. The maximum Gasteiger partial charge on any atom is 0.105 e. The van der Waals surface area contributed by atoms with Crippen LogP contribution < -0.4 is 5.32 Å². The molecule has 0 spiro atoms. The van der Waals surface area contributed by atoms with Gasteiger partial charge in [-0.3, -0.25) is 0 Å². The molecule has 0 saturated carbocycles. The molecule has 0 aliphatic rings. The van der Waals surface area contributed by atoms with Gasteiger partial charge in [-0.15, -0.1) is 0 Å². The van der Waals surface area contributed by atoms with E-state index in [0.29, 0.717) is 12.0 Å². The minimum absolute atomic E-state index is 0.433. The molecule has 0 radical (unpaired) electrons. The number of furan rings is 1. The lowest BCUT2D eigenvalue weighted by molar-refractivity contribution is 0.363. The second kappa shape index (κ2) is 6.09. The molecule has 1 aromatic rings. The zero-order chi connectivity index (χ0) is 12.1. The van der Waals surface area contributed by atoms with Crippen LogP contribution in [0, 0.1) is 19.8 Å². The van der Waals surface area contributed by atoms with Crippen molar-refractivity contribution in [2.75, 3.05) is 6.54 Å². The van der Waals surface area contributed by atoms with E-state index >= 15 is 0 Å². The smallest absolute Gasteiger partial charge is 0.105 e. The Bertz CT molecular complexity index is 317. The van der Waals surface area contributed by atoms with Gasteiger partial charge < -0.3 is 9.73 Å². The van der Waals surface area contributed by atoms with Crippen molar-refractivity contribution in [3.63, 3.8) is 0 Å². The van der Waals surface area contributed by atoms with Crippen LogP contribution in [0.4, 0.5) is 0 Å². The quantitative estimate of drug-likeness (QED) is 0.789. The van der Waals surface area contributed by atoms with Gasteiger partial charge in [-0.1, -0.05) is 27.2 Å². The van der Waals surface area contributed by atoms with Crippen molar-refractivity contribution >= 4 is 0 Å². The van der Waals surface area contributed by atoms with Gasteiger partial charge in [0.15, 0.2) is 0 Å². The van der Waals surface area contributed by atoms with Gasteiger partial charge in [-0.25, -0.2) is 0 Å². The first-order chi connectivity index (χ1) is 7.60. The van der Waals surface area contributed by atoms with Crippen molar-refractivity contribution < 1.29 is 4.42 Å². The number of hydrogen-bond acceptors (Lipinski definition) is 2. The first-order valence-electron chi connectivity index (χ1n) is 6.40. The first kappa shape index (κ1) is 13.3. The van der Waals surface area contributed by atoms with E-state index < -0.39 is 0 Å². The second-order valence-electron chi connectivity index (χ2n) is 4.67. The van der Waals surface area contributed by atoms with Crippen LogP contribution in [0.3, 0.4) is 0 Å². The fourth-order valence-electron chi connectivity index (χ4n) is 2.42. The predicted molar refractivity (Wildman–Crippen MR) is 68.7 cm³/mol. The van der Waals surface area contributed by atoms with Gasteiger partial charge in [-0.2, -0.15) is 0 Å². The summed E-state index contributed by atoms with van der Waals surface area (Å²) in [4.78, 5) is 0. The molecule has 0 aliphatic heterocycles. The van der Waals surface area contributed by atoms with Crippen LogP contribution >= 0.6 is 0 Å². The van der Waals surface area contributed by atoms with Gasteiger partial charge in [-0.05, 0) is 38.8 Å². The molecule has 2 heteroatoms. The highest BCUT2D eigenvalue weighted by Crippen LogP contribution is 2.29. The highest BCUT2D eigenvalue weighted by Gasteiger charge is 2.21.